The zero-order valence-corrected chi connectivity index (χ0v) is 6.39. The Morgan fingerprint density at radius 2 is 2.08 bits per heavy atom. The van der Waals surface area contributed by atoms with Gasteiger partial charge in [-0.3, -0.25) is 0 Å². The van der Waals surface area contributed by atoms with E-state index in [1.165, 1.54) is 4.52 Å². The molecule has 0 amide bonds. The van der Waals surface area contributed by atoms with E-state index in [9.17, 15) is 5.11 Å². The van der Waals surface area contributed by atoms with Crippen LogP contribution in [0.2, 0.25) is 0 Å². The molecule has 5 heteroatoms. The van der Waals surface area contributed by atoms with Crippen molar-refractivity contribution >= 4 is 5.65 Å². The quantitative estimate of drug-likeness (QED) is 0.594. The van der Waals surface area contributed by atoms with Crippen LogP contribution in [0.4, 0.5) is 0 Å². The largest absolute Gasteiger partial charge is 0.493 e. The smallest absolute Gasteiger partial charge is 0.219 e. The van der Waals surface area contributed by atoms with E-state index >= 15 is 0 Å². The van der Waals surface area contributed by atoms with E-state index in [4.69, 9.17) is 5.11 Å². The zero-order chi connectivity index (χ0) is 8.72. The number of aryl methyl sites for hydroxylation is 1. The Bertz CT molecular complexity index is 435. The number of hydrogen-bond acceptors (Lipinski definition) is 4. The molecule has 0 spiro atoms. The average molecular weight is 165 g/mol. The Morgan fingerprint density at radius 3 is 2.83 bits per heavy atom. The van der Waals surface area contributed by atoms with Crippen molar-refractivity contribution in [3.05, 3.63) is 17.8 Å². The average Bonchev–Trinajstić information content (AvgIpc) is 2.29. The molecule has 2 rings (SSSR count). The van der Waals surface area contributed by atoms with Gasteiger partial charge < -0.3 is 10.2 Å². The second-order valence-electron chi connectivity index (χ2n) is 2.53. The van der Waals surface area contributed by atoms with Crippen LogP contribution in [0.15, 0.2) is 12.1 Å². The van der Waals surface area contributed by atoms with Crippen molar-refractivity contribution in [1.82, 2.24) is 14.6 Å². The molecule has 0 fully saturated rings. The summed E-state index contributed by atoms with van der Waals surface area (Å²) in [5.74, 6) is -0.328. The highest BCUT2D eigenvalue weighted by Crippen LogP contribution is 2.17. The maximum absolute atomic E-state index is 9.27. The first-order chi connectivity index (χ1) is 5.66. The van der Waals surface area contributed by atoms with Crippen molar-refractivity contribution in [3.63, 3.8) is 0 Å². The molecular formula is C7H7N3O2. The lowest BCUT2D eigenvalue weighted by Crippen LogP contribution is -1.90. The maximum atomic E-state index is 9.27. The molecule has 62 valence electrons. The summed E-state index contributed by atoms with van der Waals surface area (Å²) in [7, 11) is 0. The van der Waals surface area contributed by atoms with Gasteiger partial charge in [-0.25, -0.2) is 0 Å². The number of aromatic nitrogens is 3. The highest BCUT2D eigenvalue weighted by molar-refractivity contribution is 5.43. The van der Waals surface area contributed by atoms with E-state index in [0.717, 1.165) is 11.8 Å². The summed E-state index contributed by atoms with van der Waals surface area (Å²) < 4.78 is 1.26. The van der Waals surface area contributed by atoms with E-state index in [-0.39, 0.29) is 11.8 Å². The fraction of sp³-hybridized carbons (Fsp3) is 0.143. The van der Waals surface area contributed by atoms with Crippen LogP contribution in [-0.2, 0) is 0 Å². The van der Waals surface area contributed by atoms with Crippen LogP contribution in [0.5, 0.6) is 11.8 Å². The van der Waals surface area contributed by atoms with Crippen LogP contribution < -0.4 is 0 Å². The van der Waals surface area contributed by atoms with Crippen LogP contribution in [0.3, 0.4) is 0 Å². The number of nitrogens with zero attached hydrogens (tertiary/aromatic N) is 3. The van der Waals surface area contributed by atoms with Gasteiger partial charge in [0.05, 0.1) is 11.8 Å². The van der Waals surface area contributed by atoms with Gasteiger partial charge >= 0.3 is 0 Å². The lowest BCUT2D eigenvalue weighted by atomic mass is 10.5. The molecule has 0 aromatic carbocycles. The highest BCUT2D eigenvalue weighted by Gasteiger charge is 2.04. The molecule has 0 aliphatic carbocycles. The van der Waals surface area contributed by atoms with Crippen LogP contribution in [0.1, 0.15) is 5.69 Å². The SMILES string of the molecule is Cc1cc2nc(O)cc(O)n2n1. The maximum Gasteiger partial charge on any atom is 0.219 e. The van der Waals surface area contributed by atoms with Gasteiger partial charge in [-0.15, -0.1) is 0 Å². The van der Waals surface area contributed by atoms with E-state index in [2.05, 4.69) is 10.1 Å². The van der Waals surface area contributed by atoms with Crippen molar-refractivity contribution in [2.45, 2.75) is 6.92 Å². The van der Waals surface area contributed by atoms with Gasteiger partial charge in [0, 0.05) is 6.07 Å². The van der Waals surface area contributed by atoms with Crippen LogP contribution in [0.25, 0.3) is 5.65 Å². The predicted octanol–water partition coefficient (Wildman–Crippen LogP) is 0.449. The first kappa shape index (κ1) is 6.90. The van der Waals surface area contributed by atoms with Crippen molar-refractivity contribution in [3.8, 4) is 11.8 Å². The molecular weight excluding hydrogens is 158 g/mol. The summed E-state index contributed by atoms with van der Waals surface area (Å²) in [6.07, 6.45) is 0. The third-order valence-electron chi connectivity index (χ3n) is 1.52. The third kappa shape index (κ3) is 0.868. The monoisotopic (exact) mass is 165 g/mol. The fourth-order valence-electron chi connectivity index (χ4n) is 1.06. The number of hydrogen-bond donors (Lipinski definition) is 2. The molecule has 12 heavy (non-hydrogen) atoms. The summed E-state index contributed by atoms with van der Waals surface area (Å²) in [5, 5.41) is 22.2. The second kappa shape index (κ2) is 2.10. The molecule has 0 aliphatic rings. The van der Waals surface area contributed by atoms with Gasteiger partial charge in [0.2, 0.25) is 11.8 Å². The standard InChI is InChI=1S/C7H7N3O2/c1-4-2-5-8-6(11)3-7(12)10(5)9-4/h2-3,12H,1H3,(H,8,11). The Hall–Kier alpha value is -1.78. The molecule has 2 aromatic rings. The van der Waals surface area contributed by atoms with Crippen LogP contribution in [-0.4, -0.2) is 24.8 Å². The Kier molecular flexibility index (Phi) is 1.21. The summed E-state index contributed by atoms with van der Waals surface area (Å²) in [4.78, 5) is 3.75. The predicted molar refractivity (Wildman–Crippen MR) is 41.1 cm³/mol. The van der Waals surface area contributed by atoms with Gasteiger partial charge in [0.1, 0.15) is 0 Å². The fourth-order valence-corrected chi connectivity index (χ4v) is 1.06. The third-order valence-corrected chi connectivity index (χ3v) is 1.52. The van der Waals surface area contributed by atoms with Gasteiger partial charge in [-0.05, 0) is 6.92 Å². The molecule has 2 aromatic heterocycles. The molecule has 0 aliphatic heterocycles. The molecule has 0 atom stereocenters. The minimum absolute atomic E-state index is 0.120. The van der Waals surface area contributed by atoms with Crippen molar-refractivity contribution in [2.24, 2.45) is 0 Å². The molecule has 0 unspecified atom stereocenters. The molecule has 0 radical (unpaired) electrons. The summed E-state index contributed by atoms with van der Waals surface area (Å²) in [5.41, 5.74) is 1.17. The molecule has 2 N–H and O–H groups in total. The van der Waals surface area contributed by atoms with Gasteiger partial charge in [0.25, 0.3) is 0 Å². The highest BCUT2D eigenvalue weighted by atomic mass is 16.3. The molecule has 0 saturated heterocycles. The zero-order valence-electron chi connectivity index (χ0n) is 6.39. The Balaban J connectivity index is 2.88. The summed E-state index contributed by atoms with van der Waals surface area (Å²) in [6.45, 7) is 1.78. The van der Waals surface area contributed by atoms with Gasteiger partial charge in [-0.2, -0.15) is 14.6 Å². The van der Waals surface area contributed by atoms with E-state index < -0.39 is 0 Å². The lowest BCUT2D eigenvalue weighted by molar-refractivity contribution is 0.412. The Labute approximate surface area is 67.9 Å². The van der Waals surface area contributed by atoms with Gasteiger partial charge in [-0.1, -0.05) is 0 Å². The summed E-state index contributed by atoms with van der Waals surface area (Å²) >= 11 is 0. The Morgan fingerprint density at radius 1 is 1.33 bits per heavy atom. The molecule has 2 heterocycles. The topological polar surface area (TPSA) is 70.7 Å². The number of rotatable bonds is 0. The molecule has 0 saturated carbocycles. The lowest BCUT2D eigenvalue weighted by Gasteiger charge is -1.96. The van der Waals surface area contributed by atoms with E-state index in [1.54, 1.807) is 13.0 Å². The van der Waals surface area contributed by atoms with E-state index in [0.29, 0.717) is 5.65 Å². The number of aromatic hydroxyl groups is 2. The normalized spacial score (nSPS) is 10.8. The van der Waals surface area contributed by atoms with Crippen LogP contribution in [0, 0.1) is 6.92 Å². The van der Waals surface area contributed by atoms with Crippen LogP contribution >= 0.6 is 0 Å². The van der Waals surface area contributed by atoms with E-state index in [1.807, 2.05) is 0 Å². The number of fused-ring (bicyclic) bond motifs is 1. The summed E-state index contributed by atoms with van der Waals surface area (Å²) in [6, 6.07) is 2.80. The van der Waals surface area contributed by atoms with Crippen molar-refractivity contribution in [1.29, 1.82) is 0 Å². The first-order valence-corrected chi connectivity index (χ1v) is 3.42. The second-order valence-corrected chi connectivity index (χ2v) is 2.53. The first-order valence-electron chi connectivity index (χ1n) is 3.42. The van der Waals surface area contributed by atoms with Crippen molar-refractivity contribution < 1.29 is 10.2 Å². The minimum Gasteiger partial charge on any atom is -0.493 e. The van der Waals surface area contributed by atoms with Gasteiger partial charge in [0.15, 0.2) is 5.65 Å². The molecule has 0 bridgehead atoms. The molecule has 5 nitrogen and oxygen atoms in total. The van der Waals surface area contributed by atoms with Crippen molar-refractivity contribution in [2.75, 3.05) is 0 Å². The minimum atomic E-state index is -0.208.